The first kappa shape index (κ1) is 14.8. The van der Waals surface area contributed by atoms with Crippen LogP contribution in [0.3, 0.4) is 0 Å². The maximum Gasteiger partial charge on any atom is 0.332 e. The molecule has 8 nitrogen and oxygen atoms in total. The minimum Gasteiger partial charge on any atom is -0.375 e. The first-order valence-electron chi connectivity index (χ1n) is 7.12. The average molecular weight is 323 g/mol. The Hall–Kier alpha value is -2.16. The van der Waals surface area contributed by atoms with Crippen molar-refractivity contribution in [2.45, 2.75) is 25.8 Å². The predicted molar refractivity (Wildman–Crippen MR) is 84.0 cm³/mol. The Labute approximate surface area is 129 Å². The van der Waals surface area contributed by atoms with Gasteiger partial charge in [-0.15, -0.1) is 0 Å². The molecule has 0 atom stereocenters. The number of likely N-dealkylation sites (tertiary alicyclic amines) is 1. The number of hydrogen-bond acceptors (Lipinski definition) is 6. The monoisotopic (exact) mass is 323 g/mol. The summed E-state index contributed by atoms with van der Waals surface area (Å²) < 4.78 is 2.52. The normalized spacial score (nSPS) is 15.4. The highest BCUT2D eigenvalue weighted by molar-refractivity contribution is 7.21. The van der Waals surface area contributed by atoms with E-state index in [1.807, 2.05) is 0 Å². The molecular weight excluding hydrogens is 306 g/mol. The highest BCUT2D eigenvalue weighted by Gasteiger charge is 2.21. The van der Waals surface area contributed by atoms with Crippen molar-refractivity contribution in [1.29, 1.82) is 0 Å². The number of piperidine rings is 1. The number of amides is 1. The van der Waals surface area contributed by atoms with Crippen molar-refractivity contribution in [3.63, 3.8) is 0 Å². The molecule has 0 aromatic carbocycles. The minimum absolute atomic E-state index is 0.198. The molecule has 2 aromatic heterocycles. The van der Waals surface area contributed by atoms with Gasteiger partial charge in [0.25, 0.3) is 5.56 Å². The molecule has 1 aliphatic rings. The summed E-state index contributed by atoms with van der Waals surface area (Å²) in [6, 6.07) is 0. The second-order valence-electron chi connectivity index (χ2n) is 5.38. The van der Waals surface area contributed by atoms with E-state index in [0.29, 0.717) is 17.8 Å². The van der Waals surface area contributed by atoms with Gasteiger partial charge in [-0.25, -0.2) is 14.3 Å². The van der Waals surface area contributed by atoms with E-state index in [-0.39, 0.29) is 23.2 Å². The molecule has 22 heavy (non-hydrogen) atoms. The quantitative estimate of drug-likeness (QED) is 0.821. The van der Waals surface area contributed by atoms with Gasteiger partial charge < -0.3 is 10.6 Å². The molecule has 9 heteroatoms. The van der Waals surface area contributed by atoms with Crippen LogP contribution in [-0.4, -0.2) is 38.0 Å². The molecule has 2 aromatic rings. The summed E-state index contributed by atoms with van der Waals surface area (Å²) in [4.78, 5) is 42.7. The second kappa shape index (κ2) is 5.56. The number of nitrogens with zero attached hydrogens (tertiary/aromatic N) is 4. The van der Waals surface area contributed by atoms with Crippen LogP contribution in [-0.2, 0) is 18.4 Å². The summed E-state index contributed by atoms with van der Waals surface area (Å²) in [5.74, 6) is -0.198. The average Bonchev–Trinajstić information content (AvgIpc) is 2.92. The lowest BCUT2D eigenvalue weighted by Gasteiger charge is -2.26. The zero-order valence-electron chi connectivity index (χ0n) is 12.2. The number of nitrogen functional groups attached to an aromatic ring is 1. The molecule has 0 spiro atoms. The maximum absolute atomic E-state index is 12.4. The maximum atomic E-state index is 12.4. The van der Waals surface area contributed by atoms with Crippen molar-refractivity contribution in [3.05, 3.63) is 20.8 Å². The van der Waals surface area contributed by atoms with Crippen LogP contribution in [0.15, 0.2) is 9.59 Å². The van der Waals surface area contributed by atoms with Gasteiger partial charge in [-0.2, -0.15) is 0 Å². The topological polar surface area (TPSA) is 103 Å². The standard InChI is InChI=1S/C13H17N5O3S/c1-16-10-9(22-12(14)15-10)11(20)18(13(16)21)7-8(19)17-5-3-2-4-6-17/h2-7H2,1H3,(H2,14,15). The summed E-state index contributed by atoms with van der Waals surface area (Å²) in [5, 5.41) is 0.224. The van der Waals surface area contributed by atoms with E-state index in [1.54, 1.807) is 4.90 Å². The second-order valence-corrected chi connectivity index (χ2v) is 6.41. The molecule has 3 heterocycles. The number of rotatable bonds is 2. The highest BCUT2D eigenvalue weighted by atomic mass is 32.1. The molecule has 0 unspecified atom stereocenters. The first-order chi connectivity index (χ1) is 10.5. The molecular formula is C13H17N5O3S. The lowest BCUT2D eigenvalue weighted by atomic mass is 10.1. The fourth-order valence-corrected chi connectivity index (χ4v) is 3.51. The summed E-state index contributed by atoms with van der Waals surface area (Å²) in [7, 11) is 1.52. The lowest BCUT2D eigenvalue weighted by molar-refractivity contribution is -0.132. The fourth-order valence-electron chi connectivity index (χ4n) is 2.69. The number of aryl methyl sites for hydroxylation is 1. The van der Waals surface area contributed by atoms with Crippen LogP contribution in [0.5, 0.6) is 0 Å². The third-order valence-electron chi connectivity index (χ3n) is 3.90. The van der Waals surface area contributed by atoms with E-state index in [2.05, 4.69) is 4.98 Å². The van der Waals surface area contributed by atoms with Crippen LogP contribution in [0.1, 0.15) is 19.3 Å². The lowest BCUT2D eigenvalue weighted by Crippen LogP contribution is -2.45. The number of anilines is 1. The molecule has 0 radical (unpaired) electrons. The Bertz CT molecular complexity index is 844. The smallest absolute Gasteiger partial charge is 0.332 e. The van der Waals surface area contributed by atoms with Gasteiger partial charge in [-0.1, -0.05) is 11.3 Å². The van der Waals surface area contributed by atoms with Gasteiger partial charge in [-0.05, 0) is 19.3 Å². The van der Waals surface area contributed by atoms with Gasteiger partial charge in [0.1, 0.15) is 11.2 Å². The molecule has 1 amide bonds. The van der Waals surface area contributed by atoms with Gasteiger partial charge in [0.2, 0.25) is 5.91 Å². The number of nitrogens with two attached hydrogens (primary N) is 1. The summed E-state index contributed by atoms with van der Waals surface area (Å²) in [6.45, 7) is 1.13. The Morgan fingerprint density at radius 1 is 1.27 bits per heavy atom. The van der Waals surface area contributed by atoms with Crippen molar-refractivity contribution in [3.8, 4) is 0 Å². The van der Waals surface area contributed by atoms with E-state index >= 15 is 0 Å². The van der Waals surface area contributed by atoms with E-state index < -0.39 is 11.2 Å². The third-order valence-corrected chi connectivity index (χ3v) is 4.76. The Morgan fingerprint density at radius 3 is 2.64 bits per heavy atom. The van der Waals surface area contributed by atoms with Crippen LogP contribution < -0.4 is 17.0 Å². The molecule has 0 aliphatic carbocycles. The van der Waals surface area contributed by atoms with Crippen LogP contribution in [0, 0.1) is 0 Å². The van der Waals surface area contributed by atoms with Gasteiger partial charge in [0.05, 0.1) is 0 Å². The fraction of sp³-hybridized carbons (Fsp3) is 0.538. The summed E-state index contributed by atoms with van der Waals surface area (Å²) in [5.41, 5.74) is 4.83. The molecule has 118 valence electrons. The molecule has 3 rings (SSSR count). The van der Waals surface area contributed by atoms with Gasteiger partial charge in [-0.3, -0.25) is 14.2 Å². The number of carbonyl (C=O) groups is 1. The SMILES string of the molecule is Cn1c(=O)n(CC(=O)N2CCCCC2)c(=O)c2sc(N)nc21. The van der Waals surface area contributed by atoms with Crippen molar-refractivity contribution in [2.75, 3.05) is 18.8 Å². The van der Waals surface area contributed by atoms with Crippen LogP contribution in [0.2, 0.25) is 0 Å². The van der Waals surface area contributed by atoms with Crippen LogP contribution in [0.4, 0.5) is 5.13 Å². The summed E-state index contributed by atoms with van der Waals surface area (Å²) in [6.07, 6.45) is 3.03. The molecule has 2 N–H and O–H groups in total. The van der Waals surface area contributed by atoms with Crippen molar-refractivity contribution in [2.24, 2.45) is 7.05 Å². The summed E-state index contributed by atoms with van der Waals surface area (Å²) >= 11 is 1.03. The minimum atomic E-state index is -0.548. The third kappa shape index (κ3) is 2.41. The van der Waals surface area contributed by atoms with E-state index in [9.17, 15) is 14.4 Å². The van der Waals surface area contributed by atoms with E-state index in [0.717, 1.165) is 35.2 Å². The van der Waals surface area contributed by atoms with Gasteiger partial charge >= 0.3 is 5.69 Å². The number of fused-ring (bicyclic) bond motifs is 1. The van der Waals surface area contributed by atoms with Crippen LogP contribution >= 0.6 is 11.3 Å². The highest BCUT2D eigenvalue weighted by Crippen LogP contribution is 2.18. The Kier molecular flexibility index (Phi) is 3.73. The number of thiazole rings is 1. The van der Waals surface area contributed by atoms with E-state index in [4.69, 9.17) is 5.73 Å². The Morgan fingerprint density at radius 2 is 1.95 bits per heavy atom. The zero-order valence-corrected chi connectivity index (χ0v) is 13.1. The van der Waals surface area contributed by atoms with Gasteiger partial charge in [0.15, 0.2) is 10.8 Å². The van der Waals surface area contributed by atoms with Gasteiger partial charge in [0, 0.05) is 20.1 Å². The van der Waals surface area contributed by atoms with Crippen LogP contribution in [0.25, 0.3) is 10.3 Å². The molecule has 0 bridgehead atoms. The van der Waals surface area contributed by atoms with E-state index in [1.165, 1.54) is 11.6 Å². The number of carbonyl (C=O) groups excluding carboxylic acids is 1. The largest absolute Gasteiger partial charge is 0.375 e. The Balaban J connectivity index is 2.01. The van der Waals surface area contributed by atoms with Crippen molar-refractivity contribution in [1.82, 2.24) is 19.0 Å². The first-order valence-corrected chi connectivity index (χ1v) is 7.94. The molecule has 1 aliphatic heterocycles. The van der Waals surface area contributed by atoms with Crippen molar-refractivity contribution >= 4 is 32.7 Å². The molecule has 1 saturated heterocycles. The number of hydrogen-bond donors (Lipinski definition) is 1. The molecule has 1 fully saturated rings. The van der Waals surface area contributed by atoms with Crippen molar-refractivity contribution < 1.29 is 4.79 Å². The number of aromatic nitrogens is 3. The predicted octanol–water partition coefficient (Wildman–Crippen LogP) is -0.249. The zero-order chi connectivity index (χ0) is 15.9. The molecule has 0 saturated carbocycles.